The summed E-state index contributed by atoms with van der Waals surface area (Å²) in [5, 5.41) is 9.65. The molecule has 0 fully saturated rings. The zero-order valence-electron chi connectivity index (χ0n) is 12.5. The predicted molar refractivity (Wildman–Crippen MR) is 91.1 cm³/mol. The molecule has 0 aliphatic rings. The molecular formula is C15H14Cl2FNO4S. The molecule has 2 aromatic rings. The van der Waals surface area contributed by atoms with Crippen molar-refractivity contribution in [3.63, 3.8) is 0 Å². The van der Waals surface area contributed by atoms with Crippen molar-refractivity contribution in [1.82, 2.24) is 0 Å². The summed E-state index contributed by atoms with van der Waals surface area (Å²) in [7, 11) is -4.21. The van der Waals surface area contributed by atoms with Gasteiger partial charge in [-0.3, -0.25) is 4.72 Å². The number of anilines is 1. The summed E-state index contributed by atoms with van der Waals surface area (Å²) in [5.74, 6) is -1.33. The zero-order valence-corrected chi connectivity index (χ0v) is 14.8. The van der Waals surface area contributed by atoms with E-state index in [1.165, 1.54) is 18.2 Å². The van der Waals surface area contributed by atoms with Crippen LogP contribution in [0.2, 0.25) is 10.0 Å². The Hall–Kier alpha value is -1.70. The van der Waals surface area contributed by atoms with Gasteiger partial charge >= 0.3 is 0 Å². The number of phenolic OH excluding ortho intramolecular Hbond substituents is 1. The van der Waals surface area contributed by atoms with E-state index in [-0.39, 0.29) is 21.5 Å². The van der Waals surface area contributed by atoms with Crippen LogP contribution in [0.25, 0.3) is 0 Å². The molecule has 2 aromatic carbocycles. The molecule has 0 spiro atoms. The van der Waals surface area contributed by atoms with E-state index < -0.39 is 26.5 Å². The molecule has 130 valence electrons. The highest BCUT2D eigenvalue weighted by molar-refractivity contribution is 7.92. The Kier molecular flexibility index (Phi) is 5.79. The first-order valence-electron chi connectivity index (χ1n) is 6.87. The number of ether oxygens (including phenoxy) is 1. The topological polar surface area (TPSA) is 75.6 Å². The third-order valence-corrected chi connectivity index (χ3v) is 4.83. The number of halogens is 3. The quantitative estimate of drug-likeness (QED) is 0.760. The Bertz CT molecular complexity index is 859. The number of nitrogens with one attached hydrogen (secondary N) is 1. The van der Waals surface area contributed by atoms with Gasteiger partial charge in [-0.05, 0) is 30.7 Å². The van der Waals surface area contributed by atoms with E-state index in [0.717, 1.165) is 12.1 Å². The van der Waals surface area contributed by atoms with Crippen molar-refractivity contribution in [3.8, 4) is 11.5 Å². The summed E-state index contributed by atoms with van der Waals surface area (Å²) in [6.07, 6.45) is 0.711. The normalized spacial score (nSPS) is 11.3. The van der Waals surface area contributed by atoms with Crippen LogP contribution in [0.15, 0.2) is 35.2 Å². The van der Waals surface area contributed by atoms with Crippen LogP contribution >= 0.6 is 23.2 Å². The summed E-state index contributed by atoms with van der Waals surface area (Å²) >= 11 is 11.5. The highest BCUT2D eigenvalue weighted by Crippen LogP contribution is 2.35. The first-order valence-corrected chi connectivity index (χ1v) is 9.11. The van der Waals surface area contributed by atoms with Gasteiger partial charge in [0.2, 0.25) is 0 Å². The molecule has 0 bridgehead atoms. The van der Waals surface area contributed by atoms with E-state index in [0.29, 0.717) is 13.0 Å². The molecule has 24 heavy (non-hydrogen) atoms. The maximum Gasteiger partial charge on any atom is 0.265 e. The third-order valence-electron chi connectivity index (χ3n) is 2.93. The van der Waals surface area contributed by atoms with E-state index in [9.17, 15) is 17.9 Å². The minimum absolute atomic E-state index is 0.0217. The molecule has 0 amide bonds. The van der Waals surface area contributed by atoms with Gasteiger partial charge in [-0.1, -0.05) is 30.1 Å². The Morgan fingerprint density at radius 1 is 1.25 bits per heavy atom. The molecule has 0 unspecified atom stereocenters. The number of hydrogen-bond donors (Lipinski definition) is 2. The minimum Gasteiger partial charge on any atom is -0.505 e. The number of phenols is 1. The molecular weight excluding hydrogens is 380 g/mol. The number of benzene rings is 2. The summed E-state index contributed by atoms with van der Waals surface area (Å²) in [5.41, 5.74) is -0.0353. The van der Waals surface area contributed by atoms with Crippen LogP contribution in [0, 0.1) is 5.82 Å². The molecule has 0 saturated heterocycles. The van der Waals surface area contributed by atoms with Crippen LogP contribution in [0.5, 0.6) is 11.5 Å². The molecule has 0 atom stereocenters. The summed E-state index contributed by atoms with van der Waals surface area (Å²) in [4.78, 5) is -0.508. The lowest BCUT2D eigenvalue weighted by molar-refractivity contribution is 0.301. The first-order chi connectivity index (χ1) is 11.2. The highest BCUT2D eigenvalue weighted by Gasteiger charge is 2.22. The molecule has 0 saturated carbocycles. The van der Waals surface area contributed by atoms with Gasteiger partial charge in [-0.15, -0.1) is 0 Å². The van der Waals surface area contributed by atoms with Crippen molar-refractivity contribution >= 4 is 38.9 Å². The van der Waals surface area contributed by atoms with Crippen molar-refractivity contribution < 1.29 is 22.7 Å². The second-order valence-corrected chi connectivity index (χ2v) is 7.33. The maximum atomic E-state index is 13.9. The fraction of sp³-hybridized carbons (Fsp3) is 0.200. The number of sulfonamides is 1. The molecule has 0 aliphatic heterocycles. The standard InChI is InChI=1S/C15H14Cl2FNO4S/c1-2-5-23-13-4-3-10(8-12(13)18)19-24(21,22)14-7-9(16)6-11(17)15(14)20/h3-4,6-8,19-20H,2,5H2,1H3. The minimum atomic E-state index is -4.21. The van der Waals surface area contributed by atoms with Crippen LogP contribution in [0.1, 0.15) is 13.3 Å². The lowest BCUT2D eigenvalue weighted by Crippen LogP contribution is -2.13. The average Bonchev–Trinajstić information content (AvgIpc) is 2.49. The highest BCUT2D eigenvalue weighted by atomic mass is 35.5. The van der Waals surface area contributed by atoms with Gasteiger partial charge in [0.15, 0.2) is 17.3 Å². The third kappa shape index (κ3) is 4.23. The lowest BCUT2D eigenvalue weighted by Gasteiger charge is -2.12. The second-order valence-electron chi connectivity index (χ2n) is 4.83. The van der Waals surface area contributed by atoms with Crippen molar-refractivity contribution in [1.29, 1.82) is 0 Å². The molecule has 0 aromatic heterocycles. The van der Waals surface area contributed by atoms with Gasteiger partial charge in [0.05, 0.1) is 17.3 Å². The van der Waals surface area contributed by atoms with Crippen LogP contribution in [-0.2, 0) is 10.0 Å². The van der Waals surface area contributed by atoms with Crippen LogP contribution in [0.4, 0.5) is 10.1 Å². The summed E-state index contributed by atoms with van der Waals surface area (Å²) in [6.45, 7) is 2.22. The Labute approximate surface area is 149 Å². The molecule has 2 N–H and O–H groups in total. The average molecular weight is 394 g/mol. The maximum absolute atomic E-state index is 13.9. The Morgan fingerprint density at radius 3 is 2.58 bits per heavy atom. The molecule has 5 nitrogen and oxygen atoms in total. The summed E-state index contributed by atoms with van der Waals surface area (Å²) < 4.78 is 45.9. The molecule has 0 radical (unpaired) electrons. The fourth-order valence-electron chi connectivity index (χ4n) is 1.85. The van der Waals surface area contributed by atoms with E-state index in [4.69, 9.17) is 27.9 Å². The molecule has 0 heterocycles. The predicted octanol–water partition coefficient (Wildman–Crippen LogP) is 4.43. The van der Waals surface area contributed by atoms with Gasteiger partial charge < -0.3 is 9.84 Å². The van der Waals surface area contributed by atoms with Gasteiger partial charge in [-0.2, -0.15) is 0 Å². The lowest BCUT2D eigenvalue weighted by atomic mass is 10.3. The van der Waals surface area contributed by atoms with Crippen LogP contribution in [-0.4, -0.2) is 20.1 Å². The fourth-order valence-corrected chi connectivity index (χ4v) is 3.66. The van der Waals surface area contributed by atoms with E-state index in [1.54, 1.807) is 0 Å². The zero-order chi connectivity index (χ0) is 17.9. The van der Waals surface area contributed by atoms with Gasteiger partial charge in [0.1, 0.15) is 4.90 Å². The van der Waals surface area contributed by atoms with Crippen molar-refractivity contribution in [2.75, 3.05) is 11.3 Å². The van der Waals surface area contributed by atoms with Crippen molar-refractivity contribution in [2.45, 2.75) is 18.2 Å². The monoisotopic (exact) mass is 393 g/mol. The summed E-state index contributed by atoms with van der Waals surface area (Å²) in [6, 6.07) is 5.88. The molecule has 2 rings (SSSR count). The van der Waals surface area contributed by atoms with Crippen LogP contribution in [0.3, 0.4) is 0 Å². The second kappa shape index (κ2) is 7.46. The van der Waals surface area contributed by atoms with Gasteiger partial charge in [0.25, 0.3) is 10.0 Å². The smallest absolute Gasteiger partial charge is 0.265 e. The Morgan fingerprint density at radius 2 is 1.96 bits per heavy atom. The van der Waals surface area contributed by atoms with E-state index in [1.807, 2.05) is 6.92 Å². The molecule has 0 aliphatic carbocycles. The van der Waals surface area contributed by atoms with Gasteiger partial charge in [-0.25, -0.2) is 12.8 Å². The Balaban J connectivity index is 2.32. The van der Waals surface area contributed by atoms with E-state index >= 15 is 0 Å². The number of rotatable bonds is 6. The first kappa shape index (κ1) is 18.6. The van der Waals surface area contributed by atoms with Crippen LogP contribution < -0.4 is 9.46 Å². The molecule has 9 heteroatoms. The number of hydrogen-bond acceptors (Lipinski definition) is 4. The van der Waals surface area contributed by atoms with E-state index in [2.05, 4.69) is 4.72 Å². The van der Waals surface area contributed by atoms with Crippen molar-refractivity contribution in [3.05, 3.63) is 46.2 Å². The largest absolute Gasteiger partial charge is 0.505 e. The number of aromatic hydroxyl groups is 1. The van der Waals surface area contributed by atoms with Gasteiger partial charge in [0, 0.05) is 11.1 Å². The SMILES string of the molecule is CCCOc1ccc(NS(=O)(=O)c2cc(Cl)cc(Cl)c2O)cc1F. The van der Waals surface area contributed by atoms with Crippen molar-refractivity contribution in [2.24, 2.45) is 0 Å².